The second-order valence-corrected chi connectivity index (χ2v) is 21.6. The molecule has 63 heavy (non-hydrogen) atoms. The minimum Gasteiger partial charge on any atom is -0.482 e. The van der Waals surface area contributed by atoms with Crippen LogP contribution in [0.15, 0.2) is 115 Å². The molecule has 14 heteroatoms. The van der Waals surface area contributed by atoms with E-state index in [1.54, 1.807) is 25.7 Å². The van der Waals surface area contributed by atoms with E-state index in [1.807, 2.05) is 129 Å². The molecule has 10 rings (SSSR count). The van der Waals surface area contributed by atoms with Gasteiger partial charge in [0.1, 0.15) is 11.5 Å². The lowest BCUT2D eigenvalue weighted by Gasteiger charge is -2.37. The number of aliphatic hydroxyl groups excluding tert-OH is 1. The number of ether oxygens (including phenoxy) is 3. The number of hydrogen-bond acceptors (Lipinski definition) is 9. The maximum absolute atomic E-state index is 15.6. The molecular formula is C49H48N4O9Si. The molecule has 5 atom stereocenters. The van der Waals surface area contributed by atoms with Gasteiger partial charge in [0, 0.05) is 34.9 Å². The summed E-state index contributed by atoms with van der Waals surface area (Å²) in [5, 5.41) is 10.5. The highest BCUT2D eigenvalue weighted by molar-refractivity contribution is 6.71. The molecule has 5 aromatic carbocycles. The molecule has 1 fully saturated rings. The SMILES string of the molecule is C[C@H]1[C@H]([Si](C)(C)O)[C@@H](CC(=O)N2Cc3ccccc3C[C@H]2CO)O[C@]12C(=O)N(Cc1cccc(N3C(=O)COc4ccccc43)c1)c1ccc(N3C(=O)COc4ccccc43)cc12. The second kappa shape index (κ2) is 15.5. The van der Waals surface area contributed by atoms with Crippen molar-refractivity contribution >= 4 is 60.4 Å². The highest BCUT2D eigenvalue weighted by Gasteiger charge is 2.66. The fraction of sp³-hybridized carbons (Fsp3) is 0.306. The van der Waals surface area contributed by atoms with E-state index in [1.165, 1.54) is 0 Å². The minimum atomic E-state index is -3.20. The Bertz CT molecular complexity index is 2690. The van der Waals surface area contributed by atoms with Crippen LogP contribution in [0.4, 0.5) is 28.4 Å². The molecule has 0 aliphatic carbocycles. The Kier molecular flexibility index (Phi) is 10.0. The zero-order valence-corrected chi connectivity index (χ0v) is 36.3. The lowest BCUT2D eigenvalue weighted by atomic mass is 9.82. The van der Waals surface area contributed by atoms with Crippen molar-refractivity contribution in [2.75, 3.05) is 34.5 Å². The second-order valence-electron chi connectivity index (χ2n) is 17.6. The summed E-state index contributed by atoms with van der Waals surface area (Å²) in [5.41, 5.74) is 4.04. The predicted octanol–water partition coefficient (Wildman–Crippen LogP) is 6.48. The van der Waals surface area contributed by atoms with Gasteiger partial charge in [-0.25, -0.2) is 0 Å². The minimum absolute atomic E-state index is 0.107. The number of para-hydroxylation sites is 4. The van der Waals surface area contributed by atoms with Crippen LogP contribution >= 0.6 is 0 Å². The summed E-state index contributed by atoms with van der Waals surface area (Å²) >= 11 is 0. The number of aliphatic hydroxyl groups is 1. The third-order valence-electron chi connectivity index (χ3n) is 13.4. The first kappa shape index (κ1) is 40.7. The van der Waals surface area contributed by atoms with E-state index in [0.29, 0.717) is 58.5 Å². The first-order valence-electron chi connectivity index (χ1n) is 21.4. The highest BCUT2D eigenvalue weighted by atomic mass is 28.4. The summed E-state index contributed by atoms with van der Waals surface area (Å²) in [4.78, 5) is 75.8. The van der Waals surface area contributed by atoms with E-state index >= 15 is 4.79 Å². The molecule has 5 aliphatic rings. The predicted molar refractivity (Wildman–Crippen MR) is 238 cm³/mol. The van der Waals surface area contributed by atoms with Gasteiger partial charge in [-0.05, 0) is 90.8 Å². The van der Waals surface area contributed by atoms with Crippen molar-refractivity contribution in [3.05, 3.63) is 138 Å². The molecule has 322 valence electrons. The Morgan fingerprint density at radius 3 is 2.03 bits per heavy atom. The van der Waals surface area contributed by atoms with Gasteiger partial charge in [0.15, 0.2) is 27.1 Å². The van der Waals surface area contributed by atoms with Crippen LogP contribution in [0.25, 0.3) is 0 Å². The van der Waals surface area contributed by atoms with Crippen LogP contribution in [-0.2, 0) is 49.0 Å². The molecule has 0 saturated carbocycles. The molecular weight excluding hydrogens is 817 g/mol. The average Bonchev–Trinajstić information content (AvgIpc) is 3.71. The molecule has 1 saturated heterocycles. The molecule has 2 N–H and O–H groups in total. The Labute approximate surface area is 366 Å². The summed E-state index contributed by atoms with van der Waals surface area (Å²) in [7, 11) is -3.20. The highest BCUT2D eigenvalue weighted by Crippen LogP contribution is 2.60. The van der Waals surface area contributed by atoms with E-state index < -0.39 is 37.5 Å². The topological polar surface area (TPSA) is 149 Å². The molecule has 0 bridgehead atoms. The third-order valence-corrected chi connectivity index (χ3v) is 15.9. The number of carbonyl (C=O) groups is 4. The summed E-state index contributed by atoms with van der Waals surface area (Å²) in [6.45, 7) is 5.49. The van der Waals surface area contributed by atoms with Gasteiger partial charge < -0.3 is 33.9 Å². The van der Waals surface area contributed by atoms with Gasteiger partial charge in [-0.2, -0.15) is 0 Å². The van der Waals surface area contributed by atoms with Crippen molar-refractivity contribution in [1.82, 2.24) is 4.90 Å². The Hall–Kier alpha value is -6.32. The van der Waals surface area contributed by atoms with Crippen molar-refractivity contribution in [3.8, 4) is 11.5 Å². The zero-order valence-electron chi connectivity index (χ0n) is 35.3. The fourth-order valence-corrected chi connectivity index (χ4v) is 13.2. The molecule has 0 aromatic heterocycles. The average molecular weight is 865 g/mol. The number of nitrogens with zero attached hydrogens (tertiary/aromatic N) is 4. The Morgan fingerprint density at radius 1 is 0.762 bits per heavy atom. The number of hydrogen-bond donors (Lipinski definition) is 2. The van der Waals surface area contributed by atoms with Gasteiger partial charge in [0.25, 0.3) is 17.7 Å². The van der Waals surface area contributed by atoms with E-state index in [0.717, 1.165) is 16.7 Å². The first-order valence-corrected chi connectivity index (χ1v) is 24.4. The smallest absolute Gasteiger partial charge is 0.269 e. The van der Waals surface area contributed by atoms with Crippen molar-refractivity contribution in [2.24, 2.45) is 5.92 Å². The molecule has 1 spiro atoms. The Morgan fingerprint density at radius 2 is 1.38 bits per heavy atom. The summed E-state index contributed by atoms with van der Waals surface area (Å²) in [6.07, 6.45) is -0.451. The van der Waals surface area contributed by atoms with Crippen LogP contribution in [0.5, 0.6) is 11.5 Å². The standard InChI is InChI=1S/C49H48N4O9Si/c1-30-47(63(2,3)59)43(24-44(55)50-26-33-13-5-4-12-32(33)22-36(50)27-54)62-49(30)37-23-35(53-40-16-7-9-18-42(40)61-29-46(53)57)19-20-38(37)51(48(49)58)25-31-11-10-14-34(21-31)52-39-15-6-8-17-41(39)60-28-45(52)56/h4-21,23,30,36,43,47,54,59H,22,24-29H2,1-3H3/t30-,36-,43+,47-,49+/m0/s1. The molecule has 4 amide bonds. The van der Waals surface area contributed by atoms with E-state index in [2.05, 4.69) is 0 Å². The van der Waals surface area contributed by atoms with Crippen LogP contribution < -0.4 is 24.2 Å². The largest absolute Gasteiger partial charge is 0.482 e. The maximum atomic E-state index is 15.6. The molecule has 5 aromatic rings. The molecule has 5 heterocycles. The third kappa shape index (κ3) is 6.70. The van der Waals surface area contributed by atoms with Crippen LogP contribution in [-0.4, -0.2) is 78.7 Å². The van der Waals surface area contributed by atoms with Crippen molar-refractivity contribution in [1.29, 1.82) is 0 Å². The Balaban J connectivity index is 1.05. The number of carbonyl (C=O) groups excluding carboxylic acids is 4. The van der Waals surface area contributed by atoms with Gasteiger partial charge in [0.05, 0.1) is 48.8 Å². The van der Waals surface area contributed by atoms with Gasteiger partial charge in [-0.1, -0.05) is 67.6 Å². The monoisotopic (exact) mass is 864 g/mol. The summed E-state index contributed by atoms with van der Waals surface area (Å²) < 4.78 is 18.6. The fourth-order valence-electron chi connectivity index (χ4n) is 10.6. The molecule has 0 unspecified atom stereocenters. The molecule has 5 aliphatic heterocycles. The van der Waals surface area contributed by atoms with Crippen molar-refractivity contribution in [2.45, 2.75) is 69.2 Å². The summed E-state index contributed by atoms with van der Waals surface area (Å²) in [5.74, 6) is -0.569. The quantitative estimate of drug-likeness (QED) is 0.167. The maximum Gasteiger partial charge on any atom is 0.269 e. The number of benzene rings is 5. The van der Waals surface area contributed by atoms with E-state index in [-0.39, 0.29) is 56.4 Å². The normalized spacial score (nSPS) is 23.9. The van der Waals surface area contributed by atoms with Gasteiger partial charge >= 0.3 is 0 Å². The number of fused-ring (bicyclic) bond motifs is 5. The first-order chi connectivity index (χ1) is 30.4. The number of anilines is 5. The van der Waals surface area contributed by atoms with Crippen LogP contribution in [0.1, 0.15) is 35.6 Å². The lowest BCUT2D eigenvalue weighted by Crippen LogP contribution is -2.48. The van der Waals surface area contributed by atoms with E-state index in [9.17, 15) is 24.3 Å². The summed E-state index contributed by atoms with van der Waals surface area (Å²) in [6, 6.07) is 35.0. The van der Waals surface area contributed by atoms with Gasteiger partial charge in [-0.15, -0.1) is 0 Å². The van der Waals surface area contributed by atoms with Crippen molar-refractivity contribution < 1.29 is 43.3 Å². The lowest BCUT2D eigenvalue weighted by molar-refractivity contribution is -0.151. The van der Waals surface area contributed by atoms with Gasteiger partial charge in [-0.3, -0.25) is 29.0 Å². The van der Waals surface area contributed by atoms with Gasteiger partial charge in [0.2, 0.25) is 5.91 Å². The number of rotatable bonds is 8. The zero-order chi connectivity index (χ0) is 43.8. The van der Waals surface area contributed by atoms with Crippen LogP contribution in [0.3, 0.4) is 0 Å². The van der Waals surface area contributed by atoms with Crippen LogP contribution in [0.2, 0.25) is 18.6 Å². The van der Waals surface area contributed by atoms with E-state index in [4.69, 9.17) is 14.2 Å². The van der Waals surface area contributed by atoms with Crippen molar-refractivity contribution in [3.63, 3.8) is 0 Å². The molecule has 13 nitrogen and oxygen atoms in total. The molecule has 0 radical (unpaired) electrons. The number of amides is 4. The van der Waals surface area contributed by atoms with Crippen LogP contribution in [0, 0.1) is 5.92 Å².